The Morgan fingerprint density at radius 1 is 1.44 bits per heavy atom. The van der Waals surface area contributed by atoms with E-state index in [1.807, 2.05) is 0 Å². The van der Waals surface area contributed by atoms with Gasteiger partial charge in [0.1, 0.15) is 19.1 Å². The van der Waals surface area contributed by atoms with Gasteiger partial charge in [-0.15, -0.1) is 0 Å². The molecule has 1 rings (SSSR count). The highest BCUT2D eigenvalue weighted by Gasteiger charge is 2.31. The van der Waals surface area contributed by atoms with Crippen molar-refractivity contribution >= 4 is 5.97 Å². The van der Waals surface area contributed by atoms with E-state index in [0.717, 1.165) is 5.06 Å². The van der Waals surface area contributed by atoms with Crippen LogP contribution in [0.4, 0.5) is 0 Å². The minimum atomic E-state index is -1.10. The normalized spacial score (nSPS) is 23.1. The molecule has 0 unspecified atom stereocenters. The van der Waals surface area contributed by atoms with Crippen LogP contribution in [0.5, 0.6) is 0 Å². The molecule has 1 fully saturated rings. The number of nitrogens with zero attached hydrogens (tertiary/aromatic N) is 2. The molecule has 0 aromatic rings. The number of rotatable bonds is 3. The van der Waals surface area contributed by atoms with Gasteiger partial charge in [-0.3, -0.25) is 4.84 Å². The molecular weight excluding hydrogens is 214 g/mol. The molecule has 0 spiro atoms. The zero-order valence-electron chi connectivity index (χ0n) is 9.59. The van der Waals surface area contributed by atoms with Crippen molar-refractivity contribution in [1.82, 2.24) is 5.06 Å². The van der Waals surface area contributed by atoms with Crippen molar-refractivity contribution in [2.24, 2.45) is 11.7 Å². The first kappa shape index (κ1) is 13.3. The monoisotopic (exact) mass is 232 g/mol. The molecule has 94 valence electrons. The summed E-state index contributed by atoms with van der Waals surface area (Å²) in [6.07, 6.45) is 0. The Morgan fingerprint density at radius 3 is 2.38 bits per heavy atom. The van der Waals surface area contributed by atoms with E-state index in [-0.39, 0.29) is 32.1 Å². The van der Waals surface area contributed by atoms with Gasteiger partial charge in [0.15, 0.2) is 0 Å². The Bertz CT molecular complexity index is 251. The highest BCUT2D eigenvalue weighted by atomic mass is 16.9. The van der Waals surface area contributed by atoms with Crippen LogP contribution < -0.4 is 5.73 Å². The minimum absolute atomic E-state index is 0.0416. The molecule has 0 bridgehead atoms. The van der Waals surface area contributed by atoms with Gasteiger partial charge < -0.3 is 21.2 Å². The molecular formula is C9H18N3O4-. The summed E-state index contributed by atoms with van der Waals surface area (Å²) in [7, 11) is 0. The Balaban J connectivity index is 2.50. The highest BCUT2D eigenvalue weighted by molar-refractivity contribution is 5.75. The van der Waals surface area contributed by atoms with Crippen LogP contribution >= 0.6 is 0 Å². The quantitative estimate of drug-likeness (QED) is 0.522. The van der Waals surface area contributed by atoms with Gasteiger partial charge in [0, 0.05) is 13.1 Å². The van der Waals surface area contributed by atoms with Crippen molar-refractivity contribution in [3.8, 4) is 0 Å². The summed E-state index contributed by atoms with van der Waals surface area (Å²) in [6, 6.07) is -0.797. The number of nitrogens with two attached hydrogens (primary N) is 1. The predicted molar refractivity (Wildman–Crippen MR) is 57.2 cm³/mol. The van der Waals surface area contributed by atoms with E-state index in [9.17, 15) is 15.2 Å². The zero-order valence-corrected chi connectivity index (χ0v) is 9.59. The molecule has 7 heteroatoms. The lowest BCUT2D eigenvalue weighted by Gasteiger charge is -2.46. The average molecular weight is 232 g/mol. The summed E-state index contributed by atoms with van der Waals surface area (Å²) < 4.78 is 0. The lowest BCUT2D eigenvalue weighted by molar-refractivity contribution is -1.05. The Hall–Kier alpha value is -0.730. The number of hydrogen-bond donors (Lipinski definition) is 1. The molecule has 1 saturated heterocycles. The standard InChI is InChI=1S/C9H18N3O4/c1-7(2)8(10)9(13)16-12(15)5-3-11(14)4-6-12/h7-8H,3-6,10H2,1-2H3/q-1/t8-/m0/s1. The second-order valence-electron chi connectivity index (χ2n) is 4.37. The molecule has 1 aliphatic heterocycles. The van der Waals surface area contributed by atoms with Gasteiger partial charge in [-0.25, -0.2) is 4.79 Å². The molecule has 0 saturated carbocycles. The smallest absolute Gasteiger partial charge is 0.383 e. The molecule has 7 nitrogen and oxygen atoms in total. The highest BCUT2D eigenvalue weighted by Crippen LogP contribution is 2.13. The molecule has 2 N–H and O–H groups in total. The van der Waals surface area contributed by atoms with E-state index in [1.54, 1.807) is 13.8 Å². The fraction of sp³-hybridized carbons (Fsp3) is 0.889. The maximum atomic E-state index is 11.9. The van der Waals surface area contributed by atoms with Gasteiger partial charge >= 0.3 is 5.97 Å². The molecule has 0 aromatic carbocycles. The second kappa shape index (κ2) is 5.07. The molecule has 0 amide bonds. The van der Waals surface area contributed by atoms with Crippen molar-refractivity contribution in [3.63, 3.8) is 0 Å². The lowest BCUT2D eigenvalue weighted by atomic mass is 10.1. The summed E-state index contributed by atoms with van der Waals surface area (Å²) in [4.78, 5) is 15.2. The number of quaternary nitrogens is 1. The fourth-order valence-corrected chi connectivity index (χ4v) is 1.34. The van der Waals surface area contributed by atoms with Crippen LogP contribution in [0.15, 0.2) is 0 Å². The van der Waals surface area contributed by atoms with Crippen LogP contribution in [0.25, 0.3) is 0 Å². The molecule has 0 aromatic heterocycles. The Morgan fingerprint density at radius 2 is 1.94 bits per heavy atom. The third kappa shape index (κ3) is 3.39. The van der Waals surface area contributed by atoms with Crippen molar-refractivity contribution < 1.29 is 14.4 Å². The molecule has 0 radical (unpaired) electrons. The largest absolute Gasteiger partial charge is 0.785 e. The van der Waals surface area contributed by atoms with Crippen molar-refractivity contribution in [2.75, 3.05) is 26.2 Å². The van der Waals surface area contributed by atoms with Gasteiger partial charge in [-0.2, -0.15) is 4.81 Å². The predicted octanol–water partition coefficient (Wildman–Crippen LogP) is -0.444. The van der Waals surface area contributed by atoms with Crippen molar-refractivity contribution in [2.45, 2.75) is 19.9 Å². The number of carbonyl (C=O) groups excluding carboxylic acids is 1. The molecule has 1 aliphatic rings. The van der Waals surface area contributed by atoms with Crippen LogP contribution in [0.1, 0.15) is 13.8 Å². The maximum absolute atomic E-state index is 11.9. The maximum Gasteiger partial charge on any atom is 0.383 e. The number of carbonyl (C=O) groups is 1. The average Bonchev–Trinajstić information content (AvgIpc) is 2.21. The lowest BCUT2D eigenvalue weighted by Crippen LogP contribution is -2.57. The van der Waals surface area contributed by atoms with E-state index >= 15 is 0 Å². The van der Waals surface area contributed by atoms with Crippen LogP contribution in [0, 0.1) is 16.3 Å². The van der Waals surface area contributed by atoms with Gasteiger partial charge in [-0.05, 0) is 5.92 Å². The molecule has 0 aliphatic carbocycles. The summed E-state index contributed by atoms with van der Waals surface area (Å²) in [5.41, 5.74) is 5.57. The minimum Gasteiger partial charge on any atom is -0.785 e. The van der Waals surface area contributed by atoms with Gasteiger partial charge in [0.05, 0.1) is 0 Å². The van der Waals surface area contributed by atoms with Crippen LogP contribution in [0.2, 0.25) is 0 Å². The molecule has 1 atom stereocenters. The first-order chi connectivity index (χ1) is 7.34. The topological polar surface area (TPSA) is 102 Å². The van der Waals surface area contributed by atoms with Gasteiger partial charge in [0.25, 0.3) is 0 Å². The van der Waals surface area contributed by atoms with Gasteiger partial charge in [0.2, 0.25) is 0 Å². The number of hydroxylamine groups is 6. The molecule has 16 heavy (non-hydrogen) atoms. The van der Waals surface area contributed by atoms with E-state index in [2.05, 4.69) is 0 Å². The van der Waals surface area contributed by atoms with Crippen LogP contribution in [0.3, 0.4) is 0 Å². The van der Waals surface area contributed by atoms with E-state index in [4.69, 9.17) is 10.6 Å². The third-order valence-electron chi connectivity index (χ3n) is 2.63. The van der Waals surface area contributed by atoms with Crippen LogP contribution in [-0.4, -0.2) is 48.1 Å². The van der Waals surface area contributed by atoms with E-state index in [0.29, 0.717) is 0 Å². The Kier molecular flexibility index (Phi) is 4.22. The van der Waals surface area contributed by atoms with Gasteiger partial charge in [-0.1, -0.05) is 13.8 Å². The summed E-state index contributed by atoms with van der Waals surface area (Å²) in [5.74, 6) is -0.788. The summed E-state index contributed by atoms with van der Waals surface area (Å²) in [5, 5.41) is 23.5. The van der Waals surface area contributed by atoms with Crippen molar-refractivity contribution in [3.05, 3.63) is 10.4 Å². The van der Waals surface area contributed by atoms with E-state index < -0.39 is 16.8 Å². The fourth-order valence-electron chi connectivity index (χ4n) is 1.34. The first-order valence-corrected chi connectivity index (χ1v) is 5.33. The number of piperazine rings is 1. The Labute approximate surface area is 94.4 Å². The first-order valence-electron chi connectivity index (χ1n) is 5.33. The number of hydrogen-bond acceptors (Lipinski definition) is 6. The summed E-state index contributed by atoms with van der Waals surface area (Å²) >= 11 is 0. The summed E-state index contributed by atoms with van der Waals surface area (Å²) in [6.45, 7) is 3.62. The zero-order chi connectivity index (χ0) is 12.3. The third-order valence-corrected chi connectivity index (χ3v) is 2.63. The van der Waals surface area contributed by atoms with E-state index in [1.165, 1.54) is 0 Å². The SMILES string of the molecule is CC(C)[C@H](N)C(=O)O[N+]1([O-])CCN([O-])CC1. The van der Waals surface area contributed by atoms with Crippen LogP contribution in [-0.2, 0) is 9.63 Å². The molecule has 1 heterocycles. The second-order valence-corrected chi connectivity index (χ2v) is 4.37. The van der Waals surface area contributed by atoms with Crippen molar-refractivity contribution in [1.29, 1.82) is 0 Å².